The molecule has 4 heterocycles. The van der Waals surface area contributed by atoms with Crippen LogP contribution in [0.2, 0.25) is 0 Å². The van der Waals surface area contributed by atoms with Crippen molar-refractivity contribution in [3.05, 3.63) is 60.2 Å². The Kier molecular flexibility index (Phi) is 4.46. The van der Waals surface area contributed by atoms with Crippen LogP contribution in [0.1, 0.15) is 15.9 Å². The highest BCUT2D eigenvalue weighted by Crippen LogP contribution is 2.42. The molecular formula is C19H21N3O3. The first-order valence-corrected chi connectivity index (χ1v) is 8.51. The number of likely N-dealkylation sites (tertiary alicyclic amines) is 1. The Morgan fingerprint density at radius 2 is 1.92 bits per heavy atom. The highest BCUT2D eigenvalue weighted by atomic mass is 16.5. The Labute approximate surface area is 146 Å². The molecule has 2 aromatic heterocycles. The summed E-state index contributed by atoms with van der Waals surface area (Å²) in [7, 11) is 0. The van der Waals surface area contributed by atoms with E-state index in [1.165, 1.54) is 0 Å². The Balaban J connectivity index is 1.41. The minimum absolute atomic E-state index is 0.0605. The van der Waals surface area contributed by atoms with E-state index in [2.05, 4.69) is 9.97 Å². The van der Waals surface area contributed by atoms with Crippen LogP contribution in [0.4, 0.5) is 0 Å². The summed E-state index contributed by atoms with van der Waals surface area (Å²) in [5.41, 5.74) is 1.68. The van der Waals surface area contributed by atoms with Crippen LogP contribution in [0.5, 0.6) is 0 Å². The molecule has 0 N–H and O–H groups in total. The van der Waals surface area contributed by atoms with Gasteiger partial charge in [-0.3, -0.25) is 14.8 Å². The van der Waals surface area contributed by atoms with Crippen molar-refractivity contribution in [3.63, 3.8) is 0 Å². The van der Waals surface area contributed by atoms with Gasteiger partial charge in [-0.1, -0.05) is 0 Å². The number of pyridine rings is 2. The molecule has 130 valence electrons. The van der Waals surface area contributed by atoms with Crippen LogP contribution in [0.15, 0.2) is 49.1 Å². The summed E-state index contributed by atoms with van der Waals surface area (Å²) in [5, 5.41) is 0. The maximum absolute atomic E-state index is 12.7. The number of hydrogen-bond acceptors (Lipinski definition) is 5. The number of nitrogens with zero attached hydrogens (tertiary/aromatic N) is 3. The number of aromatic nitrogens is 2. The molecule has 4 rings (SSSR count). The van der Waals surface area contributed by atoms with E-state index in [0.717, 1.165) is 12.1 Å². The molecule has 6 heteroatoms. The van der Waals surface area contributed by atoms with Gasteiger partial charge in [0.05, 0.1) is 26.4 Å². The third kappa shape index (κ3) is 3.27. The second kappa shape index (κ2) is 6.90. The quantitative estimate of drug-likeness (QED) is 0.831. The third-order valence-electron chi connectivity index (χ3n) is 5.14. The highest BCUT2D eigenvalue weighted by molar-refractivity contribution is 5.94. The minimum Gasteiger partial charge on any atom is -0.380 e. The molecule has 0 unspecified atom stereocenters. The summed E-state index contributed by atoms with van der Waals surface area (Å²) in [6.07, 6.45) is 6.84. The van der Waals surface area contributed by atoms with Crippen molar-refractivity contribution in [3.8, 4) is 0 Å². The first kappa shape index (κ1) is 16.2. The van der Waals surface area contributed by atoms with Crippen LogP contribution in [-0.2, 0) is 16.1 Å². The van der Waals surface area contributed by atoms with Crippen molar-refractivity contribution in [1.29, 1.82) is 0 Å². The van der Waals surface area contributed by atoms with Gasteiger partial charge in [-0.2, -0.15) is 0 Å². The molecule has 0 radical (unpaired) electrons. The van der Waals surface area contributed by atoms with Crippen molar-refractivity contribution in [2.24, 2.45) is 11.3 Å². The highest BCUT2D eigenvalue weighted by Gasteiger charge is 2.52. The van der Waals surface area contributed by atoms with Crippen LogP contribution in [-0.4, -0.2) is 53.7 Å². The molecule has 2 fully saturated rings. The normalized spacial score (nSPS) is 25.1. The second-order valence-electron chi connectivity index (χ2n) is 6.84. The minimum atomic E-state index is -0.101. The fraction of sp³-hybridized carbons (Fsp3) is 0.421. The van der Waals surface area contributed by atoms with Crippen LogP contribution >= 0.6 is 0 Å². The Morgan fingerprint density at radius 1 is 1.20 bits per heavy atom. The molecular weight excluding hydrogens is 318 g/mol. The molecule has 0 spiro atoms. The lowest BCUT2D eigenvalue weighted by Gasteiger charge is -2.27. The van der Waals surface area contributed by atoms with Gasteiger partial charge in [0.1, 0.15) is 0 Å². The van der Waals surface area contributed by atoms with Gasteiger partial charge in [-0.05, 0) is 29.8 Å². The van der Waals surface area contributed by atoms with E-state index in [-0.39, 0.29) is 11.3 Å². The Hall–Kier alpha value is -2.31. The fourth-order valence-corrected chi connectivity index (χ4v) is 3.72. The van der Waals surface area contributed by atoms with Gasteiger partial charge in [0.25, 0.3) is 5.91 Å². The number of amides is 1. The summed E-state index contributed by atoms with van der Waals surface area (Å²) >= 11 is 0. The molecule has 2 atom stereocenters. The first-order chi connectivity index (χ1) is 12.3. The molecule has 2 saturated heterocycles. The zero-order valence-corrected chi connectivity index (χ0v) is 14.0. The van der Waals surface area contributed by atoms with E-state index in [4.69, 9.17) is 9.47 Å². The third-order valence-corrected chi connectivity index (χ3v) is 5.14. The summed E-state index contributed by atoms with van der Waals surface area (Å²) in [5.74, 6) is 0.390. The van der Waals surface area contributed by atoms with Gasteiger partial charge < -0.3 is 14.4 Å². The number of rotatable bonds is 5. The first-order valence-electron chi connectivity index (χ1n) is 8.51. The molecule has 2 aliphatic heterocycles. The number of fused-ring (bicyclic) bond motifs is 1. The second-order valence-corrected chi connectivity index (χ2v) is 6.84. The molecule has 0 saturated carbocycles. The van der Waals surface area contributed by atoms with Crippen LogP contribution in [0.3, 0.4) is 0 Å². The number of hydrogen-bond donors (Lipinski definition) is 0. The standard InChI is InChI=1S/C19H21N3O3/c23-18(16-3-7-21-8-4-16)22-9-17-11-25-14-19(17,12-22)13-24-10-15-1-5-20-6-2-15/h1-8,17H,9-14H2/t17-,19-/m1/s1. The maximum Gasteiger partial charge on any atom is 0.253 e. The summed E-state index contributed by atoms with van der Waals surface area (Å²) in [6.45, 7) is 3.89. The van der Waals surface area contributed by atoms with E-state index in [0.29, 0.717) is 44.5 Å². The SMILES string of the molecule is O=C(c1ccncc1)N1C[C@@H]2COC[C@]2(COCc2ccncc2)C1. The van der Waals surface area contributed by atoms with Gasteiger partial charge in [-0.25, -0.2) is 0 Å². The van der Waals surface area contributed by atoms with Crippen molar-refractivity contribution < 1.29 is 14.3 Å². The summed E-state index contributed by atoms with van der Waals surface area (Å²) in [4.78, 5) is 22.7. The zero-order chi connectivity index (χ0) is 17.1. The van der Waals surface area contributed by atoms with E-state index in [9.17, 15) is 4.79 Å². The smallest absolute Gasteiger partial charge is 0.253 e. The fourth-order valence-electron chi connectivity index (χ4n) is 3.72. The Morgan fingerprint density at radius 3 is 2.68 bits per heavy atom. The molecule has 2 aliphatic rings. The Bertz CT molecular complexity index is 725. The van der Waals surface area contributed by atoms with E-state index < -0.39 is 0 Å². The zero-order valence-electron chi connectivity index (χ0n) is 14.0. The lowest BCUT2D eigenvalue weighted by atomic mass is 9.82. The molecule has 0 aliphatic carbocycles. The van der Waals surface area contributed by atoms with Gasteiger partial charge in [-0.15, -0.1) is 0 Å². The van der Waals surface area contributed by atoms with E-state index >= 15 is 0 Å². The van der Waals surface area contributed by atoms with E-state index in [1.807, 2.05) is 17.0 Å². The van der Waals surface area contributed by atoms with Gasteiger partial charge in [0.2, 0.25) is 0 Å². The van der Waals surface area contributed by atoms with Gasteiger partial charge in [0, 0.05) is 54.8 Å². The predicted molar refractivity (Wildman–Crippen MR) is 90.8 cm³/mol. The topological polar surface area (TPSA) is 64.6 Å². The van der Waals surface area contributed by atoms with Crippen LogP contribution in [0.25, 0.3) is 0 Å². The monoisotopic (exact) mass is 339 g/mol. The number of carbonyl (C=O) groups is 1. The molecule has 6 nitrogen and oxygen atoms in total. The van der Waals surface area contributed by atoms with E-state index in [1.54, 1.807) is 36.9 Å². The maximum atomic E-state index is 12.7. The predicted octanol–water partition coefficient (Wildman–Crippen LogP) is 1.78. The summed E-state index contributed by atoms with van der Waals surface area (Å²) in [6, 6.07) is 7.43. The van der Waals surface area contributed by atoms with Crippen LogP contribution < -0.4 is 0 Å². The molecule has 1 amide bonds. The molecule has 25 heavy (non-hydrogen) atoms. The van der Waals surface area contributed by atoms with Gasteiger partial charge in [0.15, 0.2) is 0 Å². The molecule has 2 aromatic rings. The van der Waals surface area contributed by atoms with Crippen LogP contribution in [0, 0.1) is 11.3 Å². The average molecular weight is 339 g/mol. The largest absolute Gasteiger partial charge is 0.380 e. The van der Waals surface area contributed by atoms with Crippen molar-refractivity contribution >= 4 is 5.91 Å². The van der Waals surface area contributed by atoms with Crippen molar-refractivity contribution in [2.45, 2.75) is 6.61 Å². The lowest BCUT2D eigenvalue weighted by Crippen LogP contribution is -2.37. The van der Waals surface area contributed by atoms with Gasteiger partial charge >= 0.3 is 0 Å². The average Bonchev–Trinajstić information content (AvgIpc) is 3.20. The molecule has 0 bridgehead atoms. The number of carbonyl (C=O) groups excluding carboxylic acids is 1. The lowest BCUT2D eigenvalue weighted by molar-refractivity contribution is 0.0186. The number of ether oxygens (including phenoxy) is 2. The van der Waals surface area contributed by atoms with Crippen molar-refractivity contribution in [1.82, 2.24) is 14.9 Å². The molecule has 0 aromatic carbocycles. The summed E-state index contributed by atoms with van der Waals surface area (Å²) < 4.78 is 11.7. The van der Waals surface area contributed by atoms with Crippen molar-refractivity contribution in [2.75, 3.05) is 32.9 Å².